The number of anilines is 1. The van der Waals surface area contributed by atoms with Crippen LogP contribution in [0.4, 0.5) is 5.82 Å². The quantitative estimate of drug-likeness (QED) is 0.861. The van der Waals surface area contributed by atoms with Crippen molar-refractivity contribution in [2.24, 2.45) is 17.6 Å². The molecule has 2 aromatic rings. The maximum Gasteiger partial charge on any atom is 0.147 e. The molecule has 1 saturated heterocycles. The van der Waals surface area contributed by atoms with E-state index in [1.54, 1.807) is 0 Å². The molecular weight excluding hydrogens is 248 g/mol. The van der Waals surface area contributed by atoms with Crippen LogP contribution >= 0.6 is 0 Å². The van der Waals surface area contributed by atoms with Crippen LogP contribution < -0.4 is 10.6 Å². The third-order valence-electron chi connectivity index (χ3n) is 4.91. The molecule has 1 aliphatic carbocycles. The number of fused-ring (bicyclic) bond motifs is 2. The first-order valence-electron chi connectivity index (χ1n) is 7.53. The summed E-state index contributed by atoms with van der Waals surface area (Å²) in [5.74, 6) is 2.38. The lowest BCUT2D eigenvalue weighted by Crippen LogP contribution is -2.38. The van der Waals surface area contributed by atoms with Crippen LogP contribution in [-0.4, -0.2) is 29.1 Å². The summed E-state index contributed by atoms with van der Waals surface area (Å²) in [6, 6.07) is 8.42. The van der Waals surface area contributed by atoms with E-state index in [0.717, 1.165) is 35.9 Å². The van der Waals surface area contributed by atoms with Gasteiger partial charge in [-0.05, 0) is 36.8 Å². The summed E-state index contributed by atoms with van der Waals surface area (Å²) >= 11 is 0. The number of rotatable bonds is 1. The van der Waals surface area contributed by atoms with Gasteiger partial charge in [0.1, 0.15) is 5.82 Å². The molecule has 2 N–H and O–H groups in total. The molecule has 1 aliphatic heterocycles. The minimum Gasteiger partial charge on any atom is -0.355 e. The van der Waals surface area contributed by atoms with E-state index in [1.165, 1.54) is 19.3 Å². The molecule has 0 radical (unpaired) electrons. The van der Waals surface area contributed by atoms with Gasteiger partial charge in [-0.25, -0.2) is 4.98 Å². The summed E-state index contributed by atoms with van der Waals surface area (Å²) in [7, 11) is 0. The van der Waals surface area contributed by atoms with E-state index in [2.05, 4.69) is 9.88 Å². The molecule has 2 heterocycles. The van der Waals surface area contributed by atoms with Gasteiger partial charge in [-0.2, -0.15) is 0 Å². The number of para-hydroxylation sites is 2. The number of nitrogens with zero attached hydrogens (tertiary/aromatic N) is 3. The van der Waals surface area contributed by atoms with Crippen molar-refractivity contribution in [3.8, 4) is 0 Å². The predicted molar refractivity (Wildman–Crippen MR) is 80.6 cm³/mol. The van der Waals surface area contributed by atoms with Gasteiger partial charge in [-0.15, -0.1) is 0 Å². The van der Waals surface area contributed by atoms with Crippen LogP contribution in [0.15, 0.2) is 30.5 Å². The van der Waals surface area contributed by atoms with E-state index in [4.69, 9.17) is 10.7 Å². The fraction of sp³-hybridized carbons (Fsp3) is 0.500. The number of aromatic nitrogens is 2. The van der Waals surface area contributed by atoms with Crippen LogP contribution in [0.2, 0.25) is 0 Å². The molecule has 2 aliphatic rings. The largest absolute Gasteiger partial charge is 0.355 e. The highest BCUT2D eigenvalue weighted by Crippen LogP contribution is 2.37. The molecule has 4 heteroatoms. The normalized spacial score (nSPS) is 29.6. The van der Waals surface area contributed by atoms with Gasteiger partial charge in [0.2, 0.25) is 0 Å². The first kappa shape index (κ1) is 12.1. The Kier molecular flexibility index (Phi) is 2.84. The van der Waals surface area contributed by atoms with Gasteiger partial charge in [0.25, 0.3) is 0 Å². The predicted octanol–water partition coefficient (Wildman–Crippen LogP) is 2.19. The molecule has 104 valence electrons. The lowest BCUT2D eigenvalue weighted by Gasteiger charge is -2.29. The second kappa shape index (κ2) is 4.70. The van der Waals surface area contributed by atoms with Crippen molar-refractivity contribution < 1.29 is 0 Å². The highest BCUT2D eigenvalue weighted by atomic mass is 15.2. The third kappa shape index (κ3) is 1.95. The van der Waals surface area contributed by atoms with Crippen molar-refractivity contribution in [2.45, 2.75) is 25.3 Å². The van der Waals surface area contributed by atoms with Crippen LogP contribution in [0, 0.1) is 11.8 Å². The zero-order valence-corrected chi connectivity index (χ0v) is 11.6. The number of nitrogens with two attached hydrogens (primary N) is 1. The van der Waals surface area contributed by atoms with Gasteiger partial charge < -0.3 is 10.6 Å². The van der Waals surface area contributed by atoms with Crippen molar-refractivity contribution in [2.75, 3.05) is 18.0 Å². The molecule has 0 bridgehead atoms. The maximum atomic E-state index is 6.29. The topological polar surface area (TPSA) is 55.0 Å². The third-order valence-corrected chi connectivity index (χ3v) is 4.91. The highest BCUT2D eigenvalue weighted by Gasteiger charge is 2.39. The van der Waals surface area contributed by atoms with Gasteiger partial charge in [-0.3, -0.25) is 4.98 Å². The number of benzene rings is 1. The summed E-state index contributed by atoms with van der Waals surface area (Å²) in [6.45, 7) is 2.13. The molecule has 3 atom stereocenters. The molecule has 1 aromatic heterocycles. The average molecular weight is 268 g/mol. The van der Waals surface area contributed by atoms with E-state index in [1.807, 2.05) is 30.5 Å². The monoisotopic (exact) mass is 268 g/mol. The van der Waals surface area contributed by atoms with Gasteiger partial charge in [0.15, 0.2) is 0 Å². The second-order valence-electron chi connectivity index (χ2n) is 6.14. The Bertz CT molecular complexity index is 627. The van der Waals surface area contributed by atoms with Crippen molar-refractivity contribution >= 4 is 16.9 Å². The van der Waals surface area contributed by atoms with Crippen LogP contribution in [0.5, 0.6) is 0 Å². The fourth-order valence-electron chi connectivity index (χ4n) is 3.80. The lowest BCUT2D eigenvalue weighted by molar-refractivity contribution is 0.260. The highest BCUT2D eigenvalue weighted by molar-refractivity contribution is 5.75. The molecule has 4 nitrogen and oxygen atoms in total. The molecular formula is C16H20N4. The molecule has 0 spiro atoms. The molecule has 1 saturated carbocycles. The maximum absolute atomic E-state index is 6.29. The van der Waals surface area contributed by atoms with E-state index < -0.39 is 0 Å². The van der Waals surface area contributed by atoms with Crippen LogP contribution in [-0.2, 0) is 0 Å². The SMILES string of the molecule is NC1CCCC2CN(c3cnc4ccccc4n3)CC12. The molecule has 1 aromatic carbocycles. The first-order valence-corrected chi connectivity index (χ1v) is 7.53. The number of hydrogen-bond acceptors (Lipinski definition) is 4. The lowest BCUT2D eigenvalue weighted by atomic mass is 9.78. The molecule has 3 unspecified atom stereocenters. The van der Waals surface area contributed by atoms with Gasteiger partial charge in [0.05, 0.1) is 17.2 Å². The van der Waals surface area contributed by atoms with Gasteiger partial charge >= 0.3 is 0 Å². The zero-order valence-electron chi connectivity index (χ0n) is 11.6. The van der Waals surface area contributed by atoms with E-state index in [9.17, 15) is 0 Å². The fourth-order valence-corrected chi connectivity index (χ4v) is 3.80. The van der Waals surface area contributed by atoms with Crippen LogP contribution in [0.3, 0.4) is 0 Å². The van der Waals surface area contributed by atoms with E-state index >= 15 is 0 Å². The van der Waals surface area contributed by atoms with Gasteiger partial charge in [0, 0.05) is 19.1 Å². The second-order valence-corrected chi connectivity index (χ2v) is 6.14. The summed E-state index contributed by atoms with van der Waals surface area (Å²) in [4.78, 5) is 11.7. The minimum absolute atomic E-state index is 0.368. The Balaban J connectivity index is 1.63. The Morgan fingerprint density at radius 2 is 1.95 bits per heavy atom. The summed E-state index contributed by atoms with van der Waals surface area (Å²) in [6.07, 6.45) is 5.68. The zero-order chi connectivity index (χ0) is 13.5. The van der Waals surface area contributed by atoms with Crippen molar-refractivity contribution in [1.29, 1.82) is 0 Å². The first-order chi connectivity index (χ1) is 9.81. The minimum atomic E-state index is 0.368. The van der Waals surface area contributed by atoms with Crippen molar-refractivity contribution in [3.05, 3.63) is 30.5 Å². The summed E-state index contributed by atoms with van der Waals surface area (Å²) in [5, 5.41) is 0. The van der Waals surface area contributed by atoms with Crippen LogP contribution in [0.25, 0.3) is 11.0 Å². The van der Waals surface area contributed by atoms with Crippen molar-refractivity contribution in [3.63, 3.8) is 0 Å². The Hall–Kier alpha value is -1.68. The van der Waals surface area contributed by atoms with Crippen molar-refractivity contribution in [1.82, 2.24) is 9.97 Å². The van der Waals surface area contributed by atoms with Crippen LogP contribution in [0.1, 0.15) is 19.3 Å². The number of hydrogen-bond donors (Lipinski definition) is 1. The summed E-state index contributed by atoms with van der Waals surface area (Å²) < 4.78 is 0. The smallest absolute Gasteiger partial charge is 0.147 e. The van der Waals surface area contributed by atoms with E-state index in [0.29, 0.717) is 12.0 Å². The molecule has 4 rings (SSSR count). The average Bonchev–Trinajstić information content (AvgIpc) is 2.92. The van der Waals surface area contributed by atoms with Gasteiger partial charge in [-0.1, -0.05) is 18.6 Å². The summed E-state index contributed by atoms with van der Waals surface area (Å²) in [5.41, 5.74) is 8.23. The Labute approximate surface area is 119 Å². The molecule has 20 heavy (non-hydrogen) atoms. The molecule has 0 amide bonds. The Morgan fingerprint density at radius 1 is 1.10 bits per heavy atom. The Morgan fingerprint density at radius 3 is 2.80 bits per heavy atom. The standard InChI is InChI=1S/C16H20N4/c17-13-5-3-4-11-9-20(10-12(11)13)16-8-18-14-6-1-2-7-15(14)19-16/h1-2,6-8,11-13H,3-5,9-10,17H2. The molecule has 2 fully saturated rings. The van der Waals surface area contributed by atoms with E-state index in [-0.39, 0.29) is 0 Å².